The molecule has 0 amide bonds. The second-order valence-electron chi connectivity index (χ2n) is 6.38. The molecule has 0 radical (unpaired) electrons. The van der Waals surface area contributed by atoms with E-state index in [1.54, 1.807) is 6.92 Å². The summed E-state index contributed by atoms with van der Waals surface area (Å²) >= 11 is 0. The molecular formula is C17H13F5N4O2. The Bertz CT molecular complexity index is 1030. The zero-order chi connectivity index (χ0) is 20.1. The molecule has 2 aromatic heterocycles. The quantitative estimate of drug-likeness (QED) is 0.600. The Labute approximate surface area is 154 Å². The van der Waals surface area contributed by atoms with Gasteiger partial charge in [0.15, 0.2) is 5.65 Å². The van der Waals surface area contributed by atoms with Crippen LogP contribution in [0.2, 0.25) is 0 Å². The average molecular weight is 400 g/mol. The van der Waals surface area contributed by atoms with Crippen LogP contribution >= 0.6 is 0 Å². The highest BCUT2D eigenvalue weighted by Gasteiger charge is 2.44. The molecule has 1 aliphatic carbocycles. The molecule has 1 fully saturated rings. The highest BCUT2D eigenvalue weighted by molar-refractivity contribution is 5.65. The van der Waals surface area contributed by atoms with E-state index >= 15 is 0 Å². The molecule has 0 N–H and O–H groups in total. The molecule has 0 spiro atoms. The molecule has 148 valence electrons. The fraction of sp³-hybridized carbons (Fsp3) is 0.353. The predicted molar refractivity (Wildman–Crippen MR) is 85.6 cm³/mol. The normalized spacial score (nSPS) is 15.2. The summed E-state index contributed by atoms with van der Waals surface area (Å²) in [7, 11) is 0. The fourth-order valence-electron chi connectivity index (χ4n) is 2.71. The van der Waals surface area contributed by atoms with E-state index in [1.165, 1.54) is 24.5 Å². The lowest BCUT2D eigenvalue weighted by atomic mass is 10.1. The van der Waals surface area contributed by atoms with E-state index in [4.69, 9.17) is 4.74 Å². The topological polar surface area (TPSA) is 61.5 Å². The molecule has 11 heteroatoms. The molecule has 28 heavy (non-hydrogen) atoms. The minimum Gasteiger partial charge on any atom is -0.406 e. The first kappa shape index (κ1) is 18.5. The second-order valence-corrected chi connectivity index (χ2v) is 6.38. The number of alkyl halides is 5. The highest BCUT2D eigenvalue weighted by atomic mass is 19.4. The van der Waals surface area contributed by atoms with Gasteiger partial charge in [-0.2, -0.15) is 8.78 Å². The molecule has 1 aromatic carbocycles. The van der Waals surface area contributed by atoms with Crippen molar-refractivity contribution >= 4 is 5.65 Å². The third-order valence-corrected chi connectivity index (χ3v) is 4.10. The summed E-state index contributed by atoms with van der Waals surface area (Å²) < 4.78 is 75.4. The molecule has 0 atom stereocenters. The monoisotopic (exact) mass is 400 g/mol. The van der Waals surface area contributed by atoms with E-state index in [2.05, 4.69) is 19.9 Å². The third-order valence-electron chi connectivity index (χ3n) is 4.10. The van der Waals surface area contributed by atoms with E-state index in [-0.39, 0.29) is 17.1 Å². The molecule has 6 nitrogen and oxygen atoms in total. The van der Waals surface area contributed by atoms with Gasteiger partial charge in [-0.05, 0) is 43.5 Å². The molecule has 0 aliphatic heterocycles. The van der Waals surface area contributed by atoms with Crippen molar-refractivity contribution in [2.45, 2.75) is 38.3 Å². The summed E-state index contributed by atoms with van der Waals surface area (Å²) in [5.74, 6) is -1.07. The van der Waals surface area contributed by atoms with Crippen molar-refractivity contribution in [2.24, 2.45) is 0 Å². The van der Waals surface area contributed by atoms with Crippen molar-refractivity contribution in [1.29, 1.82) is 0 Å². The van der Waals surface area contributed by atoms with E-state index < -0.39 is 24.4 Å². The van der Waals surface area contributed by atoms with Gasteiger partial charge in [-0.1, -0.05) is 0 Å². The lowest BCUT2D eigenvalue weighted by Crippen LogP contribution is -2.23. The van der Waals surface area contributed by atoms with Gasteiger partial charge in [0, 0.05) is 11.8 Å². The van der Waals surface area contributed by atoms with Crippen LogP contribution in [0.4, 0.5) is 22.0 Å². The molecule has 2 heterocycles. The highest BCUT2D eigenvalue weighted by Crippen LogP contribution is 2.37. The molecule has 1 aliphatic rings. The summed E-state index contributed by atoms with van der Waals surface area (Å²) in [6.45, 7) is 1.56. The Hall–Kier alpha value is -2.82. The predicted octanol–water partition coefficient (Wildman–Crippen LogP) is 4.23. The summed E-state index contributed by atoms with van der Waals surface area (Å²) in [6, 6.07) is 3.68. The summed E-state index contributed by atoms with van der Waals surface area (Å²) in [5, 5.41) is 7.18. The van der Waals surface area contributed by atoms with Crippen molar-refractivity contribution in [3.05, 3.63) is 42.0 Å². The molecule has 3 aromatic rings. The van der Waals surface area contributed by atoms with Crippen LogP contribution in [-0.4, -0.2) is 32.0 Å². The van der Waals surface area contributed by atoms with Gasteiger partial charge in [-0.25, -0.2) is 0 Å². The smallest absolute Gasteiger partial charge is 0.406 e. The van der Waals surface area contributed by atoms with Crippen LogP contribution in [0.25, 0.3) is 16.9 Å². The zero-order valence-electron chi connectivity index (χ0n) is 14.4. The largest absolute Gasteiger partial charge is 0.573 e. The van der Waals surface area contributed by atoms with Gasteiger partial charge >= 0.3 is 12.5 Å². The maximum atomic E-state index is 14.3. The van der Waals surface area contributed by atoms with Crippen LogP contribution < -0.4 is 4.74 Å². The van der Waals surface area contributed by atoms with Crippen molar-refractivity contribution in [3.8, 4) is 17.0 Å². The molecule has 0 unspecified atom stereocenters. The van der Waals surface area contributed by atoms with E-state index in [0.717, 1.165) is 10.5 Å². The number of fused-ring (bicyclic) bond motifs is 1. The Kier molecular flexibility index (Phi) is 4.21. The maximum Gasteiger partial charge on any atom is 0.573 e. The number of benzene rings is 1. The standard InChI is InChI=1S/C17H13F5N4O2/c1-9-6-11(28-17(20,21)22)4-5-12(9)13-8-26-14(7-23-13)24-25-15(26)16(18,19)27-10-2-3-10/h4-8,10H,2-3H2,1H3. The van der Waals surface area contributed by atoms with E-state index in [9.17, 15) is 22.0 Å². The lowest BCUT2D eigenvalue weighted by Gasteiger charge is -2.15. The van der Waals surface area contributed by atoms with Crippen molar-refractivity contribution < 1.29 is 31.4 Å². The number of nitrogens with zero attached hydrogens (tertiary/aromatic N) is 4. The fourth-order valence-corrected chi connectivity index (χ4v) is 2.71. The first-order chi connectivity index (χ1) is 13.1. The molecular weight excluding hydrogens is 387 g/mol. The van der Waals surface area contributed by atoms with Gasteiger partial charge in [-0.15, -0.1) is 23.4 Å². The average Bonchev–Trinajstić information content (AvgIpc) is 3.27. The summed E-state index contributed by atoms with van der Waals surface area (Å²) in [5.41, 5.74) is 1.21. The molecule has 4 rings (SSSR count). The van der Waals surface area contributed by atoms with Crippen LogP contribution in [0, 0.1) is 6.92 Å². The van der Waals surface area contributed by atoms with Gasteiger partial charge in [0.25, 0.3) is 0 Å². The van der Waals surface area contributed by atoms with Gasteiger partial charge in [-0.3, -0.25) is 9.38 Å². The lowest BCUT2D eigenvalue weighted by molar-refractivity contribution is -0.274. The van der Waals surface area contributed by atoms with E-state index in [0.29, 0.717) is 24.0 Å². The summed E-state index contributed by atoms with van der Waals surface area (Å²) in [4.78, 5) is 4.14. The Balaban J connectivity index is 1.70. The first-order valence-electron chi connectivity index (χ1n) is 8.26. The Morgan fingerprint density at radius 2 is 1.86 bits per heavy atom. The van der Waals surface area contributed by atoms with Gasteiger partial charge in [0.05, 0.1) is 18.0 Å². The van der Waals surface area contributed by atoms with Crippen LogP contribution in [0.5, 0.6) is 5.75 Å². The van der Waals surface area contributed by atoms with Crippen molar-refractivity contribution in [3.63, 3.8) is 0 Å². The third kappa shape index (κ3) is 3.75. The van der Waals surface area contributed by atoms with Crippen molar-refractivity contribution in [2.75, 3.05) is 0 Å². The van der Waals surface area contributed by atoms with Gasteiger partial charge in [0.1, 0.15) is 5.75 Å². The number of hydrogen-bond acceptors (Lipinski definition) is 5. The molecule has 0 bridgehead atoms. The zero-order valence-corrected chi connectivity index (χ0v) is 14.4. The molecule has 0 saturated heterocycles. The summed E-state index contributed by atoms with van der Waals surface area (Å²) in [6.07, 6.45) is -5.28. The Morgan fingerprint density at radius 3 is 2.50 bits per heavy atom. The second kappa shape index (κ2) is 6.36. The SMILES string of the molecule is Cc1cc(OC(F)(F)F)ccc1-c1cn2c(C(F)(F)OC3CC3)nnc2cn1. The minimum atomic E-state index is -4.81. The minimum absolute atomic E-state index is 0.0903. The van der Waals surface area contributed by atoms with Crippen molar-refractivity contribution in [1.82, 2.24) is 19.6 Å². The number of halogens is 5. The first-order valence-corrected chi connectivity index (χ1v) is 8.26. The van der Waals surface area contributed by atoms with Gasteiger partial charge in [0.2, 0.25) is 5.82 Å². The van der Waals surface area contributed by atoms with Crippen LogP contribution in [0.1, 0.15) is 24.2 Å². The molecule has 1 saturated carbocycles. The van der Waals surface area contributed by atoms with Crippen LogP contribution in [-0.2, 0) is 10.8 Å². The number of rotatable bonds is 5. The number of hydrogen-bond donors (Lipinski definition) is 0. The van der Waals surface area contributed by atoms with E-state index in [1.807, 2.05) is 0 Å². The Morgan fingerprint density at radius 1 is 1.11 bits per heavy atom. The van der Waals surface area contributed by atoms with Crippen LogP contribution in [0.3, 0.4) is 0 Å². The van der Waals surface area contributed by atoms with Crippen LogP contribution in [0.15, 0.2) is 30.6 Å². The number of aromatic nitrogens is 4. The number of aryl methyl sites for hydroxylation is 1. The van der Waals surface area contributed by atoms with Gasteiger partial charge < -0.3 is 9.47 Å². The number of ether oxygens (including phenoxy) is 2. The maximum absolute atomic E-state index is 14.3.